The molecular formula is C30H30N2O4. The van der Waals surface area contributed by atoms with Crippen molar-refractivity contribution in [1.82, 2.24) is 4.57 Å². The van der Waals surface area contributed by atoms with Crippen molar-refractivity contribution in [2.24, 2.45) is 4.99 Å². The topological polar surface area (TPSA) is 77.7 Å². The van der Waals surface area contributed by atoms with Crippen LogP contribution < -0.4 is 0 Å². The number of aliphatic imine (C=N–C) groups is 1. The first kappa shape index (κ1) is 25.0. The van der Waals surface area contributed by atoms with Gasteiger partial charge in [0, 0.05) is 65.5 Å². The van der Waals surface area contributed by atoms with E-state index in [2.05, 4.69) is 9.56 Å². The number of esters is 1. The van der Waals surface area contributed by atoms with Crippen LogP contribution in [0.2, 0.25) is 0 Å². The average molecular weight is 483 g/mol. The summed E-state index contributed by atoms with van der Waals surface area (Å²) < 4.78 is 7.30. The van der Waals surface area contributed by atoms with Gasteiger partial charge in [-0.25, -0.2) is 0 Å². The monoisotopic (exact) mass is 482 g/mol. The van der Waals surface area contributed by atoms with Gasteiger partial charge in [0.15, 0.2) is 5.78 Å². The second kappa shape index (κ2) is 11.1. The molecule has 4 aromatic rings. The quantitative estimate of drug-likeness (QED) is 0.163. The standard InChI is InChI=1S/C30H30N2O4/c1-4-8-24(34)19-27(31-3)22-11-13-28-25(17-22)26-18-23(30(35)21-9-6-5-7-10-21)12-14-29(26)32(28)15-16-36-20(2)33/h5-7,9-14,17-18H,4,8,15-16,19H2,1-3H3. The van der Waals surface area contributed by atoms with Gasteiger partial charge in [-0.3, -0.25) is 19.4 Å². The van der Waals surface area contributed by atoms with Crippen molar-refractivity contribution in [2.45, 2.75) is 39.7 Å². The highest BCUT2D eigenvalue weighted by atomic mass is 16.5. The largest absolute Gasteiger partial charge is 0.464 e. The summed E-state index contributed by atoms with van der Waals surface area (Å²) in [6.07, 6.45) is 1.63. The molecule has 0 radical (unpaired) electrons. The molecule has 6 heteroatoms. The van der Waals surface area contributed by atoms with Gasteiger partial charge < -0.3 is 9.30 Å². The Hall–Kier alpha value is -4.06. The molecule has 0 fully saturated rings. The van der Waals surface area contributed by atoms with Gasteiger partial charge in [0.05, 0.1) is 6.54 Å². The third-order valence-corrected chi connectivity index (χ3v) is 6.28. The van der Waals surface area contributed by atoms with Crippen LogP contribution in [-0.2, 0) is 20.9 Å². The van der Waals surface area contributed by atoms with Crippen molar-refractivity contribution in [1.29, 1.82) is 0 Å². The maximum absolute atomic E-state index is 13.2. The molecule has 0 aliphatic heterocycles. The molecule has 1 aromatic heterocycles. The van der Waals surface area contributed by atoms with E-state index in [0.29, 0.717) is 30.5 Å². The molecule has 0 saturated heterocycles. The van der Waals surface area contributed by atoms with Gasteiger partial charge in [-0.15, -0.1) is 0 Å². The molecule has 0 N–H and O–H groups in total. The molecular weight excluding hydrogens is 452 g/mol. The number of carbonyl (C=O) groups is 3. The van der Waals surface area contributed by atoms with Crippen molar-refractivity contribution in [3.05, 3.63) is 83.4 Å². The molecule has 0 saturated carbocycles. The van der Waals surface area contributed by atoms with Gasteiger partial charge in [-0.1, -0.05) is 43.3 Å². The van der Waals surface area contributed by atoms with Crippen molar-refractivity contribution < 1.29 is 19.1 Å². The molecule has 1 heterocycles. The normalized spacial score (nSPS) is 11.7. The molecule has 0 aliphatic carbocycles. The Morgan fingerprint density at radius 1 is 0.861 bits per heavy atom. The number of Topliss-reactive ketones (excluding diaryl/α,β-unsaturated/α-hetero) is 1. The summed E-state index contributed by atoms with van der Waals surface area (Å²) in [7, 11) is 1.71. The van der Waals surface area contributed by atoms with Crippen LogP contribution in [0.5, 0.6) is 0 Å². The van der Waals surface area contributed by atoms with Crippen molar-refractivity contribution in [3.8, 4) is 0 Å². The van der Waals surface area contributed by atoms with E-state index in [4.69, 9.17) is 4.74 Å². The number of carbonyl (C=O) groups excluding carboxylic acids is 3. The predicted molar refractivity (Wildman–Crippen MR) is 143 cm³/mol. The second-order valence-electron chi connectivity index (χ2n) is 8.79. The average Bonchev–Trinajstić information content (AvgIpc) is 3.19. The Labute approximate surface area is 210 Å². The van der Waals surface area contributed by atoms with Crippen LogP contribution in [-0.4, -0.2) is 41.5 Å². The van der Waals surface area contributed by atoms with Crippen molar-refractivity contribution in [3.63, 3.8) is 0 Å². The van der Waals surface area contributed by atoms with Crippen molar-refractivity contribution in [2.75, 3.05) is 13.7 Å². The van der Waals surface area contributed by atoms with E-state index in [1.807, 2.05) is 73.7 Å². The zero-order chi connectivity index (χ0) is 25.7. The highest BCUT2D eigenvalue weighted by Gasteiger charge is 2.17. The third-order valence-electron chi connectivity index (χ3n) is 6.28. The summed E-state index contributed by atoms with van der Waals surface area (Å²) in [6, 6.07) is 20.9. The minimum absolute atomic E-state index is 0.0459. The Morgan fingerprint density at radius 2 is 1.50 bits per heavy atom. The maximum Gasteiger partial charge on any atom is 0.302 e. The maximum atomic E-state index is 13.2. The second-order valence-corrected chi connectivity index (χ2v) is 8.79. The van der Waals surface area contributed by atoms with E-state index in [0.717, 1.165) is 39.5 Å². The molecule has 0 atom stereocenters. The number of benzene rings is 3. The Balaban J connectivity index is 1.83. The molecule has 0 unspecified atom stereocenters. The zero-order valence-electron chi connectivity index (χ0n) is 20.9. The molecule has 3 aromatic carbocycles. The summed E-state index contributed by atoms with van der Waals surface area (Å²) in [5.74, 6) is -0.206. The minimum Gasteiger partial charge on any atom is -0.464 e. The molecule has 0 bridgehead atoms. The van der Waals surface area contributed by atoms with Gasteiger partial charge in [0.25, 0.3) is 0 Å². The summed E-state index contributed by atoms with van der Waals surface area (Å²) in [6.45, 7) is 4.11. The lowest BCUT2D eigenvalue weighted by molar-refractivity contribution is -0.141. The van der Waals surface area contributed by atoms with Gasteiger partial charge in [0.1, 0.15) is 12.4 Å². The fourth-order valence-corrected chi connectivity index (χ4v) is 4.57. The first-order valence-electron chi connectivity index (χ1n) is 12.2. The molecule has 184 valence electrons. The van der Waals surface area contributed by atoms with E-state index >= 15 is 0 Å². The van der Waals surface area contributed by atoms with E-state index in [9.17, 15) is 14.4 Å². The molecule has 36 heavy (non-hydrogen) atoms. The number of rotatable bonds is 10. The van der Waals surface area contributed by atoms with Crippen LogP contribution >= 0.6 is 0 Å². The SMILES string of the molecule is CCCC(=O)CC(=NC)c1ccc2c(c1)c1cc(C(=O)c3ccccc3)ccc1n2CCOC(C)=O. The van der Waals surface area contributed by atoms with Crippen molar-refractivity contribution >= 4 is 45.1 Å². The van der Waals surface area contributed by atoms with Crippen LogP contribution in [0.15, 0.2) is 71.7 Å². The van der Waals surface area contributed by atoms with Crippen LogP contribution in [0.3, 0.4) is 0 Å². The molecule has 0 amide bonds. The lowest BCUT2D eigenvalue weighted by Crippen LogP contribution is -2.10. The number of hydrogen-bond acceptors (Lipinski definition) is 5. The van der Waals surface area contributed by atoms with Crippen LogP contribution in [0.4, 0.5) is 0 Å². The fourth-order valence-electron chi connectivity index (χ4n) is 4.57. The summed E-state index contributed by atoms with van der Waals surface area (Å²) >= 11 is 0. The first-order valence-corrected chi connectivity index (χ1v) is 12.2. The third kappa shape index (κ3) is 5.28. The zero-order valence-corrected chi connectivity index (χ0v) is 20.9. The molecule has 4 rings (SSSR count). The smallest absolute Gasteiger partial charge is 0.302 e. The number of nitrogens with zero attached hydrogens (tertiary/aromatic N) is 2. The Bertz CT molecular complexity index is 1460. The highest BCUT2D eigenvalue weighted by Crippen LogP contribution is 2.32. The molecule has 6 nitrogen and oxygen atoms in total. The fraction of sp³-hybridized carbons (Fsp3) is 0.267. The van der Waals surface area contributed by atoms with E-state index in [-0.39, 0.29) is 24.1 Å². The van der Waals surface area contributed by atoms with E-state index < -0.39 is 0 Å². The van der Waals surface area contributed by atoms with E-state index in [1.165, 1.54) is 6.92 Å². The lowest BCUT2D eigenvalue weighted by Gasteiger charge is -2.09. The summed E-state index contributed by atoms with van der Waals surface area (Å²) in [5, 5.41) is 1.88. The minimum atomic E-state index is -0.325. The number of ketones is 2. The predicted octanol–water partition coefficient (Wildman–Crippen LogP) is 5.77. The number of aromatic nitrogens is 1. The number of hydrogen-bond donors (Lipinski definition) is 0. The molecule has 0 aliphatic rings. The molecule has 0 spiro atoms. The van der Waals surface area contributed by atoms with Crippen LogP contribution in [0.1, 0.15) is 54.6 Å². The Kier molecular flexibility index (Phi) is 7.74. The van der Waals surface area contributed by atoms with E-state index in [1.54, 1.807) is 7.05 Å². The summed E-state index contributed by atoms with van der Waals surface area (Å²) in [4.78, 5) is 41.2. The first-order chi connectivity index (χ1) is 17.4. The highest BCUT2D eigenvalue weighted by molar-refractivity contribution is 6.17. The van der Waals surface area contributed by atoms with Crippen LogP contribution in [0.25, 0.3) is 21.8 Å². The van der Waals surface area contributed by atoms with Gasteiger partial charge >= 0.3 is 5.97 Å². The summed E-state index contributed by atoms with van der Waals surface area (Å²) in [5.41, 5.74) is 4.75. The van der Waals surface area contributed by atoms with Gasteiger partial charge in [0.2, 0.25) is 0 Å². The lowest BCUT2D eigenvalue weighted by atomic mass is 9.99. The van der Waals surface area contributed by atoms with Crippen LogP contribution in [0, 0.1) is 0 Å². The number of fused-ring (bicyclic) bond motifs is 3. The van der Waals surface area contributed by atoms with Gasteiger partial charge in [-0.2, -0.15) is 0 Å². The number of ether oxygens (including phenoxy) is 1. The van der Waals surface area contributed by atoms with Gasteiger partial charge in [-0.05, 0) is 42.3 Å². The Morgan fingerprint density at radius 3 is 2.11 bits per heavy atom.